The van der Waals surface area contributed by atoms with Gasteiger partial charge in [-0.1, -0.05) is 6.92 Å². The molecule has 0 saturated carbocycles. The quantitative estimate of drug-likeness (QED) is 0.621. The maximum atomic E-state index is 11.3. The Morgan fingerprint density at radius 2 is 2.16 bits per heavy atom. The molecule has 1 aliphatic heterocycles. The van der Waals surface area contributed by atoms with E-state index in [1.807, 2.05) is 19.9 Å². The van der Waals surface area contributed by atoms with Crippen LogP contribution in [0, 0.1) is 5.92 Å². The number of anilines is 3. The van der Waals surface area contributed by atoms with Crippen LogP contribution in [-0.4, -0.2) is 23.7 Å². The fourth-order valence-electron chi connectivity index (χ4n) is 2.12. The predicted molar refractivity (Wildman–Crippen MR) is 77.1 cm³/mol. The number of fused-ring (bicyclic) bond motifs is 1. The summed E-state index contributed by atoms with van der Waals surface area (Å²) in [6, 6.07) is 3.92. The zero-order valence-electron chi connectivity index (χ0n) is 11.4. The van der Waals surface area contributed by atoms with E-state index >= 15 is 0 Å². The van der Waals surface area contributed by atoms with Crippen molar-refractivity contribution >= 4 is 23.0 Å². The van der Waals surface area contributed by atoms with Gasteiger partial charge in [-0.25, -0.2) is 0 Å². The summed E-state index contributed by atoms with van der Waals surface area (Å²) >= 11 is 0. The largest absolute Gasteiger partial charge is 0.397 e. The minimum absolute atomic E-state index is 0.0369. The van der Waals surface area contributed by atoms with Gasteiger partial charge in [-0.05, 0) is 37.0 Å². The maximum absolute atomic E-state index is 11.3. The van der Waals surface area contributed by atoms with E-state index in [2.05, 4.69) is 10.6 Å². The van der Waals surface area contributed by atoms with Crippen LogP contribution < -0.4 is 16.4 Å². The third-order valence-corrected chi connectivity index (χ3v) is 3.70. The first-order valence-electron chi connectivity index (χ1n) is 6.61. The van der Waals surface area contributed by atoms with Crippen LogP contribution in [0.2, 0.25) is 0 Å². The first kappa shape index (κ1) is 13.7. The molecule has 0 saturated heterocycles. The van der Waals surface area contributed by atoms with Crippen LogP contribution in [0.15, 0.2) is 12.1 Å². The van der Waals surface area contributed by atoms with E-state index in [-0.39, 0.29) is 24.5 Å². The molecule has 1 aromatic carbocycles. The number of aryl methyl sites for hydroxylation is 1. The molecule has 104 valence electrons. The summed E-state index contributed by atoms with van der Waals surface area (Å²) in [7, 11) is 0. The SMILES string of the molecule is CC(CO)C(C)Nc1cc2c(cc1N)NC(=O)CC2. The van der Waals surface area contributed by atoms with E-state index in [4.69, 9.17) is 10.8 Å². The third-order valence-electron chi connectivity index (χ3n) is 3.70. The lowest BCUT2D eigenvalue weighted by atomic mass is 10.00. The number of carbonyl (C=O) groups is 1. The molecule has 1 amide bonds. The number of amides is 1. The van der Waals surface area contributed by atoms with Crippen LogP contribution in [0.25, 0.3) is 0 Å². The Hall–Kier alpha value is -1.75. The zero-order chi connectivity index (χ0) is 14.0. The molecule has 5 heteroatoms. The number of hydrogen-bond donors (Lipinski definition) is 4. The molecular weight excluding hydrogens is 242 g/mol. The standard InChI is InChI=1S/C14H21N3O2/c1-8(7-18)9(2)16-13-5-10-3-4-14(19)17-12(10)6-11(13)15/h5-6,8-9,16,18H,3-4,7,15H2,1-2H3,(H,17,19). The monoisotopic (exact) mass is 263 g/mol. The fourth-order valence-corrected chi connectivity index (χ4v) is 2.12. The van der Waals surface area contributed by atoms with Crippen molar-refractivity contribution < 1.29 is 9.90 Å². The summed E-state index contributed by atoms with van der Waals surface area (Å²) < 4.78 is 0. The lowest BCUT2D eigenvalue weighted by Gasteiger charge is -2.24. The highest BCUT2D eigenvalue weighted by atomic mass is 16.3. The number of rotatable bonds is 4. The van der Waals surface area contributed by atoms with E-state index in [9.17, 15) is 4.79 Å². The summed E-state index contributed by atoms with van der Waals surface area (Å²) in [4.78, 5) is 11.3. The zero-order valence-corrected chi connectivity index (χ0v) is 11.4. The molecule has 5 nitrogen and oxygen atoms in total. The van der Waals surface area contributed by atoms with Gasteiger partial charge in [0.05, 0.1) is 11.4 Å². The second kappa shape index (κ2) is 5.48. The topological polar surface area (TPSA) is 87.4 Å². The molecule has 1 heterocycles. The van der Waals surface area contributed by atoms with Gasteiger partial charge in [-0.2, -0.15) is 0 Å². The molecule has 5 N–H and O–H groups in total. The van der Waals surface area contributed by atoms with E-state index in [0.29, 0.717) is 12.1 Å². The van der Waals surface area contributed by atoms with Gasteiger partial charge < -0.3 is 21.5 Å². The molecule has 1 aromatic rings. The lowest BCUT2D eigenvalue weighted by molar-refractivity contribution is -0.116. The summed E-state index contributed by atoms with van der Waals surface area (Å²) in [5, 5.41) is 15.3. The molecule has 0 radical (unpaired) electrons. The summed E-state index contributed by atoms with van der Waals surface area (Å²) in [6.45, 7) is 4.13. The van der Waals surface area contributed by atoms with Gasteiger partial charge in [0.2, 0.25) is 5.91 Å². The molecule has 0 aromatic heterocycles. The number of nitrogen functional groups attached to an aromatic ring is 1. The molecule has 1 aliphatic rings. The van der Waals surface area contributed by atoms with Gasteiger partial charge in [0.25, 0.3) is 0 Å². The van der Waals surface area contributed by atoms with Crippen molar-refractivity contribution in [3.8, 4) is 0 Å². The van der Waals surface area contributed by atoms with Gasteiger partial charge in [0.1, 0.15) is 0 Å². The van der Waals surface area contributed by atoms with Gasteiger partial charge in [-0.3, -0.25) is 4.79 Å². The van der Waals surface area contributed by atoms with E-state index in [1.54, 1.807) is 6.07 Å². The Bertz CT molecular complexity index is 488. The number of carbonyl (C=O) groups excluding carboxylic acids is 1. The predicted octanol–water partition coefficient (Wildman–Crippen LogP) is 1.58. The average Bonchev–Trinajstić information content (AvgIpc) is 2.38. The van der Waals surface area contributed by atoms with Crippen molar-refractivity contribution in [2.24, 2.45) is 5.92 Å². The van der Waals surface area contributed by atoms with Crippen molar-refractivity contribution in [3.63, 3.8) is 0 Å². The summed E-state index contributed by atoms with van der Waals surface area (Å²) in [5.41, 5.74) is 9.38. The van der Waals surface area contributed by atoms with Crippen LogP contribution in [-0.2, 0) is 11.2 Å². The molecule has 2 atom stereocenters. The van der Waals surface area contributed by atoms with Crippen LogP contribution in [0.5, 0.6) is 0 Å². The minimum atomic E-state index is 0.0369. The van der Waals surface area contributed by atoms with Crippen LogP contribution >= 0.6 is 0 Å². The number of aliphatic hydroxyl groups excluding tert-OH is 1. The highest BCUT2D eigenvalue weighted by Gasteiger charge is 2.18. The van der Waals surface area contributed by atoms with E-state index in [1.165, 1.54) is 0 Å². The van der Waals surface area contributed by atoms with Crippen LogP contribution in [0.1, 0.15) is 25.8 Å². The summed E-state index contributed by atoms with van der Waals surface area (Å²) in [6.07, 6.45) is 1.25. The van der Waals surface area contributed by atoms with Gasteiger partial charge in [0.15, 0.2) is 0 Å². The van der Waals surface area contributed by atoms with Crippen LogP contribution in [0.4, 0.5) is 17.1 Å². The first-order chi connectivity index (χ1) is 9.01. The minimum Gasteiger partial charge on any atom is -0.397 e. The molecule has 0 fully saturated rings. The van der Waals surface area contributed by atoms with Crippen LogP contribution in [0.3, 0.4) is 0 Å². The molecule has 0 bridgehead atoms. The average molecular weight is 263 g/mol. The third kappa shape index (κ3) is 2.98. The number of nitrogens with two attached hydrogens (primary N) is 1. The Balaban J connectivity index is 2.21. The normalized spacial score (nSPS) is 17.3. The van der Waals surface area contributed by atoms with Gasteiger partial charge in [-0.15, -0.1) is 0 Å². The molecule has 19 heavy (non-hydrogen) atoms. The van der Waals surface area contributed by atoms with Crippen molar-refractivity contribution in [2.45, 2.75) is 32.7 Å². The second-order valence-corrected chi connectivity index (χ2v) is 5.24. The molecule has 0 aliphatic carbocycles. The van der Waals surface area contributed by atoms with E-state index in [0.717, 1.165) is 23.4 Å². The highest BCUT2D eigenvalue weighted by Crippen LogP contribution is 2.31. The van der Waals surface area contributed by atoms with Gasteiger partial charge >= 0.3 is 0 Å². The Morgan fingerprint density at radius 3 is 2.84 bits per heavy atom. The van der Waals surface area contributed by atoms with Crippen molar-refractivity contribution in [3.05, 3.63) is 17.7 Å². The molecular formula is C14H21N3O2. The second-order valence-electron chi connectivity index (χ2n) is 5.24. The highest BCUT2D eigenvalue weighted by molar-refractivity contribution is 5.95. The lowest BCUT2D eigenvalue weighted by Crippen LogP contribution is -2.27. The van der Waals surface area contributed by atoms with Crippen molar-refractivity contribution in [2.75, 3.05) is 23.0 Å². The number of nitrogens with one attached hydrogen (secondary N) is 2. The molecule has 2 rings (SSSR count). The molecule has 2 unspecified atom stereocenters. The fraction of sp³-hybridized carbons (Fsp3) is 0.500. The number of aliphatic hydroxyl groups is 1. The molecule has 0 spiro atoms. The van der Waals surface area contributed by atoms with Gasteiger partial charge in [0, 0.05) is 24.8 Å². The maximum Gasteiger partial charge on any atom is 0.224 e. The smallest absolute Gasteiger partial charge is 0.224 e. The van der Waals surface area contributed by atoms with Crippen molar-refractivity contribution in [1.82, 2.24) is 0 Å². The Labute approximate surface area is 113 Å². The number of hydrogen-bond acceptors (Lipinski definition) is 4. The summed E-state index contributed by atoms with van der Waals surface area (Å²) in [5.74, 6) is 0.185. The first-order valence-corrected chi connectivity index (χ1v) is 6.61. The Morgan fingerprint density at radius 1 is 1.42 bits per heavy atom. The number of benzene rings is 1. The van der Waals surface area contributed by atoms with E-state index < -0.39 is 0 Å². The van der Waals surface area contributed by atoms with Crippen molar-refractivity contribution in [1.29, 1.82) is 0 Å². The Kier molecular flexibility index (Phi) is 3.95.